The third kappa shape index (κ3) is 20.3. The molecule has 9 amide bonds. The van der Waals surface area contributed by atoms with Gasteiger partial charge in [0.25, 0.3) is 11.8 Å². The molecule has 0 aliphatic carbocycles. The molecule has 0 spiro atoms. The average Bonchev–Trinajstić information content (AvgIpc) is 4.27. The minimum absolute atomic E-state index is 0.0989. The number of nitrogens with one attached hydrogen (secondary N) is 4. The summed E-state index contributed by atoms with van der Waals surface area (Å²) in [4.78, 5) is 120. The quantitative estimate of drug-likeness (QED) is 0.0277. The maximum absolute atomic E-state index is 13.7. The van der Waals surface area contributed by atoms with Crippen molar-refractivity contribution in [2.75, 3.05) is 57.7 Å². The van der Waals surface area contributed by atoms with Gasteiger partial charge >= 0.3 is 24.2 Å². The molecule has 4 aliphatic rings. The molecule has 464 valence electrons. The van der Waals surface area contributed by atoms with Crippen LogP contribution in [0.15, 0.2) is 83.3 Å². The van der Waals surface area contributed by atoms with Gasteiger partial charge in [0.15, 0.2) is 0 Å². The number of unbranched alkanes of at least 4 members (excludes halogenated alkanes) is 2. The lowest BCUT2D eigenvalue weighted by molar-refractivity contribution is -0.151. The summed E-state index contributed by atoms with van der Waals surface area (Å²) in [6.07, 6.45) is 8.19. The maximum Gasteiger partial charge on any atom is 0.410 e. The van der Waals surface area contributed by atoms with Gasteiger partial charge in [0, 0.05) is 82.5 Å². The van der Waals surface area contributed by atoms with Crippen molar-refractivity contribution in [1.82, 2.24) is 35.0 Å². The predicted octanol–water partition coefficient (Wildman–Crippen LogP) is 5.12. The Kier molecular flexibility index (Phi) is 25.1. The molecular weight excluding hydrogens is 1120 g/mol. The van der Waals surface area contributed by atoms with Gasteiger partial charge in [-0.15, -0.1) is 0 Å². The molecule has 0 saturated carbocycles. The van der Waals surface area contributed by atoms with Crippen LogP contribution in [-0.4, -0.2) is 169 Å². The monoisotopic (exact) mass is 1200 g/mol. The smallest absolute Gasteiger partial charge is 0.410 e. The molecule has 2 fully saturated rings. The lowest BCUT2D eigenvalue weighted by atomic mass is 9.91. The molecule has 25 heteroatoms. The van der Waals surface area contributed by atoms with Gasteiger partial charge in [0.2, 0.25) is 27.7 Å². The zero-order valence-electron chi connectivity index (χ0n) is 49.2. The number of hydrogen-bond acceptors (Lipinski definition) is 15. The molecule has 4 aliphatic heterocycles. The standard InChI is InChI=1S/C60H83N9O15S/c1-39(2)54(65-50(71)16-7-6-8-30-69-51(72)25-26-52(69)73)57(76)64-48(15-12-27-62-58(61)77)56(75)63-45-21-19-43(20-22-45)38-82-59(78)66-31-33-67(34-32-66)60(79)83-49-24-18-41(4)55(84-53(74)37-46(70)23-17-40(49)3)42(5)35-44-13-11-14-47(36-44)85(80,81)68-28-9-10-29-68/h11,13-14,18-22,24-26,35-36,39-41,46,48-49,54-55,70H,6-10,12,15-17,23,27-34,37-38H2,1-5H3,(H,63,75)(H,64,76)(H,65,71)(H3,61,62,77)/b24-18+,42-35+/t40-,41-,46+,48-,49-,54-,55-/m0/s1. The molecule has 2 aromatic carbocycles. The lowest BCUT2D eigenvalue weighted by Crippen LogP contribution is -2.54. The maximum atomic E-state index is 13.7. The van der Waals surface area contributed by atoms with Crippen LogP contribution in [0.4, 0.5) is 20.1 Å². The van der Waals surface area contributed by atoms with Crippen molar-refractivity contribution < 1.29 is 70.9 Å². The van der Waals surface area contributed by atoms with Gasteiger partial charge in [0.1, 0.15) is 30.9 Å². The molecule has 0 radical (unpaired) electrons. The number of carbonyl (C=O) groups excluding carboxylic acids is 9. The summed E-state index contributed by atoms with van der Waals surface area (Å²) in [5.74, 6) is -3.88. The molecule has 4 heterocycles. The first-order valence-electron chi connectivity index (χ1n) is 29.3. The van der Waals surface area contributed by atoms with Crippen molar-refractivity contribution in [3.05, 3.63) is 89.5 Å². The van der Waals surface area contributed by atoms with Gasteiger partial charge in [-0.1, -0.05) is 70.5 Å². The van der Waals surface area contributed by atoms with Gasteiger partial charge in [-0.05, 0) is 117 Å². The second kappa shape index (κ2) is 32.0. The second-order valence-corrected chi connectivity index (χ2v) is 24.4. The van der Waals surface area contributed by atoms with E-state index >= 15 is 0 Å². The van der Waals surface area contributed by atoms with Crippen molar-refractivity contribution in [2.24, 2.45) is 23.5 Å². The molecule has 0 aromatic heterocycles. The van der Waals surface area contributed by atoms with E-state index in [1.165, 1.54) is 26.3 Å². The highest BCUT2D eigenvalue weighted by Gasteiger charge is 2.33. The molecule has 2 saturated heterocycles. The van der Waals surface area contributed by atoms with E-state index in [1.807, 2.05) is 19.9 Å². The second-order valence-electron chi connectivity index (χ2n) is 22.5. The Morgan fingerprint density at radius 1 is 0.824 bits per heavy atom. The number of ether oxygens (including phenoxy) is 3. The van der Waals surface area contributed by atoms with E-state index in [2.05, 4.69) is 21.3 Å². The van der Waals surface area contributed by atoms with Crippen molar-refractivity contribution in [3.8, 4) is 0 Å². The van der Waals surface area contributed by atoms with E-state index in [4.69, 9.17) is 19.9 Å². The topological polar surface area (TPSA) is 323 Å². The number of benzene rings is 2. The van der Waals surface area contributed by atoms with Crippen LogP contribution >= 0.6 is 0 Å². The van der Waals surface area contributed by atoms with Crippen LogP contribution in [0.3, 0.4) is 0 Å². The first-order chi connectivity index (χ1) is 40.5. The van der Waals surface area contributed by atoms with Crippen molar-refractivity contribution in [3.63, 3.8) is 0 Å². The number of hydrogen-bond donors (Lipinski definition) is 6. The van der Waals surface area contributed by atoms with Gasteiger partial charge in [-0.2, -0.15) is 4.31 Å². The number of imide groups is 1. The molecule has 6 rings (SSSR count). The van der Waals surface area contributed by atoms with Crippen LogP contribution in [0, 0.1) is 17.8 Å². The Labute approximate surface area is 497 Å². The van der Waals surface area contributed by atoms with Crippen LogP contribution < -0.4 is 27.0 Å². The summed E-state index contributed by atoms with van der Waals surface area (Å²) < 4.78 is 45.8. The number of amides is 9. The zero-order valence-corrected chi connectivity index (χ0v) is 50.0. The summed E-state index contributed by atoms with van der Waals surface area (Å²) in [5.41, 5.74) is 7.45. The number of rotatable bonds is 23. The minimum Gasteiger partial charge on any atom is -0.457 e. The van der Waals surface area contributed by atoms with E-state index in [1.54, 1.807) is 81.5 Å². The number of piperazine rings is 1. The van der Waals surface area contributed by atoms with Gasteiger partial charge in [-0.3, -0.25) is 33.7 Å². The number of urea groups is 1. The number of sulfonamides is 1. The van der Waals surface area contributed by atoms with Crippen molar-refractivity contribution in [2.45, 2.75) is 147 Å². The van der Waals surface area contributed by atoms with E-state index in [-0.39, 0.29) is 112 Å². The molecule has 7 atom stereocenters. The third-order valence-electron chi connectivity index (χ3n) is 15.3. The Hall–Kier alpha value is -7.64. The molecule has 7 N–H and O–H groups in total. The fraction of sp³-hybridized carbons (Fsp3) is 0.550. The van der Waals surface area contributed by atoms with Crippen molar-refractivity contribution in [1.29, 1.82) is 0 Å². The zero-order chi connectivity index (χ0) is 61.8. The van der Waals surface area contributed by atoms with E-state index in [0.717, 1.165) is 17.7 Å². The van der Waals surface area contributed by atoms with Crippen molar-refractivity contribution >= 4 is 75.5 Å². The largest absolute Gasteiger partial charge is 0.457 e. The Morgan fingerprint density at radius 2 is 1.49 bits per heavy atom. The van der Waals surface area contributed by atoms with Gasteiger partial charge < -0.3 is 56.1 Å². The van der Waals surface area contributed by atoms with Crippen LogP contribution in [0.2, 0.25) is 0 Å². The highest BCUT2D eigenvalue weighted by Crippen LogP contribution is 2.28. The highest BCUT2D eigenvalue weighted by molar-refractivity contribution is 7.89. The number of cyclic esters (lactones) is 1. The molecule has 2 aromatic rings. The van der Waals surface area contributed by atoms with Crippen LogP contribution in [0.5, 0.6) is 0 Å². The minimum atomic E-state index is -3.67. The Bertz CT molecular complexity index is 2880. The normalized spacial score (nSPS) is 21.9. The van der Waals surface area contributed by atoms with E-state index in [0.29, 0.717) is 61.2 Å². The predicted molar refractivity (Wildman–Crippen MR) is 314 cm³/mol. The highest BCUT2D eigenvalue weighted by atomic mass is 32.2. The molecule has 0 bridgehead atoms. The SMILES string of the molecule is C/C(=C\c1cccc(S(=O)(=O)N2CCCC2)c1)[C@H]1OC(=O)C[C@H](O)CC[C@H](C)[C@@H](OC(=O)N2CCN(C(=O)OCc3ccc(NC(=O)[C@H](CCCNC(N)=O)NC(=O)[C@@H](NC(=O)CCCCCN4C(=O)C=CC4=O)C(C)C)cc3)CC2)/C=C/[C@@H]1C. The summed E-state index contributed by atoms with van der Waals surface area (Å²) in [5, 5.41) is 21.6. The number of esters is 1. The summed E-state index contributed by atoms with van der Waals surface area (Å²) in [6, 6.07) is 10.3. The molecule has 24 nitrogen and oxygen atoms in total. The number of carbonyl (C=O) groups is 9. The molecular formula is C60H83N9O15S. The first-order valence-corrected chi connectivity index (χ1v) is 30.7. The van der Waals surface area contributed by atoms with Crippen LogP contribution in [0.1, 0.15) is 116 Å². The van der Waals surface area contributed by atoms with E-state index < -0.39 is 82.3 Å². The number of primary amides is 1. The number of aliphatic hydroxyl groups is 1. The molecule has 85 heavy (non-hydrogen) atoms. The lowest BCUT2D eigenvalue weighted by Gasteiger charge is -2.35. The summed E-state index contributed by atoms with van der Waals surface area (Å²) in [6.45, 7) is 10.9. The summed E-state index contributed by atoms with van der Waals surface area (Å²) >= 11 is 0. The Balaban J connectivity index is 0.979. The Morgan fingerprint density at radius 3 is 2.15 bits per heavy atom. The number of aliphatic hydroxyl groups excluding tert-OH is 1. The summed E-state index contributed by atoms with van der Waals surface area (Å²) in [7, 11) is -3.67. The van der Waals surface area contributed by atoms with E-state index in [9.17, 15) is 56.7 Å². The average molecular weight is 1200 g/mol. The van der Waals surface area contributed by atoms with Gasteiger partial charge in [-0.25, -0.2) is 22.8 Å². The third-order valence-corrected chi connectivity index (χ3v) is 17.2. The fourth-order valence-corrected chi connectivity index (χ4v) is 11.8. The van der Waals surface area contributed by atoms with Crippen LogP contribution in [0.25, 0.3) is 6.08 Å². The van der Waals surface area contributed by atoms with Gasteiger partial charge in [0.05, 0.1) is 17.4 Å². The fourth-order valence-electron chi connectivity index (χ4n) is 10.3. The number of anilines is 1. The number of nitrogens with zero attached hydrogens (tertiary/aromatic N) is 4. The van der Waals surface area contributed by atoms with Crippen LogP contribution in [-0.2, 0) is 59.6 Å². The number of nitrogens with two attached hydrogens (primary N) is 1. The molecule has 0 unspecified atom stereocenters. The first kappa shape index (κ1) is 66.5.